The molecule has 0 fully saturated rings. The summed E-state index contributed by atoms with van der Waals surface area (Å²) in [5, 5.41) is 26.3. The lowest BCUT2D eigenvalue weighted by Gasteiger charge is -2.14. The summed E-state index contributed by atoms with van der Waals surface area (Å²) in [5.74, 6) is -3.10. The highest BCUT2D eigenvalue weighted by Gasteiger charge is 2.22. The second-order valence-corrected chi connectivity index (χ2v) is 4.77. The zero-order valence-electron chi connectivity index (χ0n) is 10.5. The first-order valence-corrected chi connectivity index (χ1v) is 6.51. The fraction of sp³-hybridized carbons (Fsp3) is 0.364. The molecule has 8 nitrogen and oxygen atoms in total. The number of carboxylic acids is 2. The number of halogens is 2. The van der Waals surface area contributed by atoms with Crippen molar-refractivity contribution in [3.05, 3.63) is 21.9 Å². The molecular formula is C11H11Cl2N3O5. The molecule has 1 heterocycles. The molecule has 0 aliphatic carbocycles. The maximum atomic E-state index is 11.9. The minimum absolute atomic E-state index is 0.0305. The number of hydrogen-bond acceptors (Lipinski definition) is 5. The first-order valence-electron chi connectivity index (χ1n) is 5.75. The number of rotatable bonds is 7. The van der Waals surface area contributed by atoms with Gasteiger partial charge in [-0.25, -0.2) is 4.79 Å². The molecule has 0 unspecified atom stereocenters. The third kappa shape index (κ3) is 5.52. The van der Waals surface area contributed by atoms with Crippen LogP contribution >= 0.6 is 23.2 Å². The molecular weight excluding hydrogens is 325 g/mol. The van der Waals surface area contributed by atoms with Gasteiger partial charge in [0.2, 0.25) is 0 Å². The minimum atomic E-state index is -1.28. The molecule has 0 saturated heterocycles. The minimum Gasteiger partial charge on any atom is -0.481 e. The molecule has 10 heteroatoms. The predicted octanol–water partition coefficient (Wildman–Crippen LogP) is 1.22. The summed E-state index contributed by atoms with van der Waals surface area (Å²) in [4.78, 5) is 33.4. The average Bonchev–Trinajstić information content (AvgIpc) is 2.39. The molecule has 1 atom stereocenters. The molecule has 0 aliphatic heterocycles. The molecule has 1 aromatic heterocycles. The highest BCUT2D eigenvalue weighted by Crippen LogP contribution is 2.15. The van der Waals surface area contributed by atoms with Gasteiger partial charge in [-0.2, -0.15) is 0 Å². The topological polar surface area (TPSA) is 129 Å². The highest BCUT2D eigenvalue weighted by molar-refractivity contribution is 6.34. The maximum absolute atomic E-state index is 11.9. The Kier molecular flexibility index (Phi) is 6.32. The summed E-state index contributed by atoms with van der Waals surface area (Å²) >= 11 is 11.3. The van der Waals surface area contributed by atoms with Crippen LogP contribution in [0.2, 0.25) is 10.3 Å². The average molecular weight is 336 g/mol. The van der Waals surface area contributed by atoms with Crippen molar-refractivity contribution < 1.29 is 24.6 Å². The first kappa shape index (κ1) is 17.1. The van der Waals surface area contributed by atoms with E-state index in [-0.39, 0.29) is 35.1 Å². The van der Waals surface area contributed by atoms with Crippen molar-refractivity contribution in [3.8, 4) is 0 Å². The number of aliphatic carboxylic acids is 2. The molecule has 0 radical (unpaired) electrons. The van der Waals surface area contributed by atoms with Crippen molar-refractivity contribution in [1.29, 1.82) is 0 Å². The van der Waals surface area contributed by atoms with E-state index in [2.05, 4.69) is 15.5 Å². The van der Waals surface area contributed by atoms with Crippen molar-refractivity contribution in [2.45, 2.75) is 25.3 Å². The quantitative estimate of drug-likeness (QED) is 0.682. The lowest BCUT2D eigenvalue weighted by molar-refractivity contribution is -0.140. The predicted molar refractivity (Wildman–Crippen MR) is 72.4 cm³/mol. The van der Waals surface area contributed by atoms with E-state index in [4.69, 9.17) is 33.4 Å². The van der Waals surface area contributed by atoms with E-state index in [1.807, 2.05) is 0 Å². The Morgan fingerprint density at radius 3 is 2.48 bits per heavy atom. The maximum Gasteiger partial charge on any atom is 0.326 e. The molecule has 114 valence electrons. The van der Waals surface area contributed by atoms with E-state index in [0.717, 1.165) is 6.07 Å². The summed E-state index contributed by atoms with van der Waals surface area (Å²) in [6.45, 7) is 0. The van der Waals surface area contributed by atoms with Gasteiger partial charge in [0.1, 0.15) is 6.04 Å². The van der Waals surface area contributed by atoms with Crippen LogP contribution in [0.4, 0.5) is 0 Å². The molecule has 21 heavy (non-hydrogen) atoms. The van der Waals surface area contributed by atoms with E-state index < -0.39 is 23.9 Å². The summed E-state index contributed by atoms with van der Waals surface area (Å²) in [5.41, 5.74) is -0.110. The van der Waals surface area contributed by atoms with Gasteiger partial charge >= 0.3 is 11.9 Å². The molecule has 0 saturated carbocycles. The fourth-order valence-corrected chi connectivity index (χ4v) is 1.79. The second-order valence-electron chi connectivity index (χ2n) is 4.02. The molecule has 1 aromatic rings. The lowest BCUT2D eigenvalue weighted by atomic mass is 10.1. The number of carbonyl (C=O) groups is 3. The van der Waals surface area contributed by atoms with E-state index in [1.54, 1.807) is 0 Å². The van der Waals surface area contributed by atoms with Crippen LogP contribution in [0.15, 0.2) is 6.07 Å². The standard InChI is InChI=1S/C11H11Cl2N3O5/c12-7-4-5(9(13)16-15-7)10(19)14-6(11(20)21)2-1-3-8(17)18/h4,6H,1-3H2,(H,14,19)(H,17,18)(H,20,21)/t6-/m1/s1. The van der Waals surface area contributed by atoms with Crippen LogP contribution in [0.25, 0.3) is 0 Å². The van der Waals surface area contributed by atoms with Gasteiger partial charge in [-0.3, -0.25) is 9.59 Å². The Labute approximate surface area is 129 Å². The van der Waals surface area contributed by atoms with E-state index in [9.17, 15) is 14.4 Å². The normalized spacial score (nSPS) is 11.7. The van der Waals surface area contributed by atoms with Crippen LogP contribution in [0.3, 0.4) is 0 Å². The van der Waals surface area contributed by atoms with Gasteiger partial charge in [-0.1, -0.05) is 23.2 Å². The number of hydrogen-bond donors (Lipinski definition) is 3. The number of aromatic nitrogens is 2. The van der Waals surface area contributed by atoms with Crippen molar-refractivity contribution in [3.63, 3.8) is 0 Å². The number of carbonyl (C=O) groups excluding carboxylic acids is 1. The molecule has 1 amide bonds. The second kappa shape index (κ2) is 7.75. The zero-order valence-corrected chi connectivity index (χ0v) is 12.1. The third-order valence-electron chi connectivity index (χ3n) is 2.45. The zero-order chi connectivity index (χ0) is 16.0. The highest BCUT2D eigenvalue weighted by atomic mass is 35.5. The number of amides is 1. The Balaban J connectivity index is 2.74. The van der Waals surface area contributed by atoms with Gasteiger partial charge in [0.15, 0.2) is 10.3 Å². The van der Waals surface area contributed by atoms with Crippen LogP contribution in [-0.4, -0.2) is 44.3 Å². The molecule has 0 aromatic carbocycles. The van der Waals surface area contributed by atoms with Crippen LogP contribution in [0.1, 0.15) is 29.6 Å². The summed E-state index contributed by atoms with van der Waals surface area (Å²) in [6.07, 6.45) is -0.115. The van der Waals surface area contributed by atoms with Crippen molar-refractivity contribution >= 4 is 41.0 Å². The van der Waals surface area contributed by atoms with Gasteiger partial charge in [0, 0.05) is 6.42 Å². The van der Waals surface area contributed by atoms with E-state index in [1.165, 1.54) is 0 Å². The monoisotopic (exact) mass is 335 g/mol. The molecule has 0 aliphatic rings. The van der Waals surface area contributed by atoms with E-state index in [0.29, 0.717) is 0 Å². The third-order valence-corrected chi connectivity index (χ3v) is 2.91. The summed E-state index contributed by atoms with van der Waals surface area (Å²) in [6, 6.07) is -0.0811. The Morgan fingerprint density at radius 1 is 1.24 bits per heavy atom. The molecule has 0 spiro atoms. The number of nitrogens with zero attached hydrogens (tertiary/aromatic N) is 2. The number of nitrogens with one attached hydrogen (secondary N) is 1. The Bertz CT molecular complexity index is 567. The van der Waals surface area contributed by atoms with Crippen molar-refractivity contribution in [2.75, 3.05) is 0 Å². The molecule has 3 N–H and O–H groups in total. The van der Waals surface area contributed by atoms with Crippen LogP contribution in [0.5, 0.6) is 0 Å². The summed E-state index contributed by atoms with van der Waals surface area (Å²) in [7, 11) is 0. The van der Waals surface area contributed by atoms with Crippen LogP contribution in [0, 0.1) is 0 Å². The first-order chi connectivity index (χ1) is 9.81. The van der Waals surface area contributed by atoms with Crippen molar-refractivity contribution in [1.82, 2.24) is 15.5 Å². The Morgan fingerprint density at radius 2 is 1.90 bits per heavy atom. The molecule has 1 rings (SSSR count). The fourth-order valence-electron chi connectivity index (χ4n) is 1.46. The Hall–Kier alpha value is -1.93. The van der Waals surface area contributed by atoms with Crippen LogP contribution < -0.4 is 5.32 Å². The largest absolute Gasteiger partial charge is 0.481 e. The van der Waals surface area contributed by atoms with Crippen LogP contribution in [-0.2, 0) is 9.59 Å². The van der Waals surface area contributed by atoms with Gasteiger partial charge in [-0.05, 0) is 18.9 Å². The molecule has 0 bridgehead atoms. The van der Waals surface area contributed by atoms with Gasteiger partial charge in [0.25, 0.3) is 5.91 Å². The van der Waals surface area contributed by atoms with Gasteiger partial charge in [-0.15, -0.1) is 10.2 Å². The van der Waals surface area contributed by atoms with Crippen molar-refractivity contribution in [2.24, 2.45) is 0 Å². The van der Waals surface area contributed by atoms with Gasteiger partial charge in [0.05, 0.1) is 5.56 Å². The summed E-state index contributed by atoms with van der Waals surface area (Å²) < 4.78 is 0. The number of carboxylic acid groups (broad SMARTS) is 2. The lowest BCUT2D eigenvalue weighted by Crippen LogP contribution is -2.41. The smallest absolute Gasteiger partial charge is 0.326 e. The van der Waals surface area contributed by atoms with E-state index >= 15 is 0 Å². The SMILES string of the molecule is O=C(O)CCC[C@@H](NC(=O)c1cc(Cl)nnc1Cl)C(=O)O. The van der Waals surface area contributed by atoms with Gasteiger partial charge < -0.3 is 15.5 Å².